The fourth-order valence-corrected chi connectivity index (χ4v) is 3.29. The number of amides is 2. The summed E-state index contributed by atoms with van der Waals surface area (Å²) in [5, 5.41) is 5.83. The zero-order valence-corrected chi connectivity index (χ0v) is 13.6. The average Bonchev–Trinajstić information content (AvgIpc) is 3.11. The third-order valence-corrected chi connectivity index (χ3v) is 4.72. The van der Waals surface area contributed by atoms with E-state index in [2.05, 4.69) is 15.2 Å². The number of thiazole rings is 1. The lowest BCUT2D eigenvalue weighted by molar-refractivity contribution is 0.194. The molecular weight excluding hydrogens is 315 g/mol. The van der Waals surface area contributed by atoms with Gasteiger partial charge in [-0.25, -0.2) is 14.2 Å². The maximum absolute atomic E-state index is 13.5. The van der Waals surface area contributed by atoms with Gasteiger partial charge in [-0.3, -0.25) is 0 Å². The summed E-state index contributed by atoms with van der Waals surface area (Å²) in [5.41, 5.74) is 0.626. The Balaban J connectivity index is 1.42. The molecule has 122 valence electrons. The molecule has 0 unspecified atom stereocenters. The molecule has 1 saturated heterocycles. The second-order valence-electron chi connectivity index (χ2n) is 5.36. The van der Waals surface area contributed by atoms with Gasteiger partial charge in [-0.05, 0) is 18.1 Å². The highest BCUT2D eigenvalue weighted by Crippen LogP contribution is 2.18. The van der Waals surface area contributed by atoms with Crippen LogP contribution in [0.15, 0.2) is 35.8 Å². The zero-order valence-electron chi connectivity index (χ0n) is 12.7. The molecule has 2 heterocycles. The van der Waals surface area contributed by atoms with Crippen LogP contribution in [0.2, 0.25) is 0 Å². The highest BCUT2D eigenvalue weighted by molar-refractivity contribution is 7.13. The number of hydrogen-bond acceptors (Lipinski definition) is 4. The van der Waals surface area contributed by atoms with Crippen molar-refractivity contribution in [3.63, 3.8) is 0 Å². The highest BCUT2D eigenvalue weighted by Gasteiger charge is 2.21. The Morgan fingerprint density at radius 2 is 2.04 bits per heavy atom. The van der Waals surface area contributed by atoms with Gasteiger partial charge in [0.25, 0.3) is 0 Å². The van der Waals surface area contributed by atoms with Crippen LogP contribution in [0.3, 0.4) is 0 Å². The van der Waals surface area contributed by atoms with Crippen LogP contribution in [0.25, 0.3) is 0 Å². The minimum absolute atomic E-state index is 0.0832. The van der Waals surface area contributed by atoms with Crippen LogP contribution in [0.5, 0.6) is 0 Å². The van der Waals surface area contributed by atoms with Crippen LogP contribution in [0, 0.1) is 5.82 Å². The molecule has 0 aliphatic carbocycles. The van der Waals surface area contributed by atoms with Crippen LogP contribution in [-0.4, -0.2) is 48.6 Å². The Morgan fingerprint density at radius 3 is 2.74 bits per heavy atom. The van der Waals surface area contributed by atoms with Crippen molar-refractivity contribution in [3.8, 4) is 0 Å². The minimum atomic E-state index is -0.223. The van der Waals surface area contributed by atoms with Gasteiger partial charge < -0.3 is 15.1 Å². The zero-order chi connectivity index (χ0) is 16.1. The first-order chi connectivity index (χ1) is 11.2. The highest BCUT2D eigenvalue weighted by atomic mass is 32.1. The average molecular weight is 334 g/mol. The predicted molar refractivity (Wildman–Crippen MR) is 89.4 cm³/mol. The molecule has 7 heteroatoms. The lowest BCUT2D eigenvalue weighted by Crippen LogP contribution is -2.52. The number of nitrogens with zero attached hydrogens (tertiary/aromatic N) is 3. The SMILES string of the molecule is O=C(NCCc1ccccc1F)N1CCN(c2nccs2)CC1. The van der Waals surface area contributed by atoms with Gasteiger partial charge in [-0.2, -0.15) is 0 Å². The molecule has 2 aromatic rings. The van der Waals surface area contributed by atoms with Gasteiger partial charge in [0.15, 0.2) is 5.13 Å². The Hall–Kier alpha value is -2.15. The fraction of sp³-hybridized carbons (Fsp3) is 0.375. The quantitative estimate of drug-likeness (QED) is 0.934. The van der Waals surface area contributed by atoms with Crippen LogP contribution < -0.4 is 10.2 Å². The second-order valence-corrected chi connectivity index (χ2v) is 6.24. The third-order valence-electron chi connectivity index (χ3n) is 3.89. The number of rotatable bonds is 4. The summed E-state index contributed by atoms with van der Waals surface area (Å²) in [7, 11) is 0. The van der Waals surface area contributed by atoms with Crippen molar-refractivity contribution in [3.05, 3.63) is 47.2 Å². The number of carbonyl (C=O) groups is 1. The van der Waals surface area contributed by atoms with E-state index in [1.54, 1.807) is 40.6 Å². The molecule has 5 nitrogen and oxygen atoms in total. The summed E-state index contributed by atoms with van der Waals surface area (Å²) in [5.74, 6) is -0.223. The smallest absolute Gasteiger partial charge is 0.317 e. The second kappa shape index (κ2) is 7.41. The molecule has 1 aromatic carbocycles. The molecule has 0 atom stereocenters. The first-order valence-corrected chi connectivity index (χ1v) is 8.52. The molecule has 1 N–H and O–H groups in total. The number of halogens is 1. The number of benzene rings is 1. The van der Waals surface area contributed by atoms with Crippen LogP contribution in [0.4, 0.5) is 14.3 Å². The topological polar surface area (TPSA) is 48.5 Å². The van der Waals surface area contributed by atoms with E-state index < -0.39 is 0 Å². The molecule has 2 amide bonds. The summed E-state index contributed by atoms with van der Waals surface area (Å²) in [4.78, 5) is 20.4. The summed E-state index contributed by atoms with van der Waals surface area (Å²) in [6, 6.07) is 6.57. The van der Waals surface area contributed by atoms with Crippen molar-refractivity contribution < 1.29 is 9.18 Å². The Kier molecular flexibility index (Phi) is 5.07. The first-order valence-electron chi connectivity index (χ1n) is 7.64. The van der Waals surface area contributed by atoms with Crippen LogP contribution in [0.1, 0.15) is 5.56 Å². The Morgan fingerprint density at radius 1 is 1.26 bits per heavy atom. The molecule has 23 heavy (non-hydrogen) atoms. The molecule has 1 fully saturated rings. The Labute approximate surface area is 138 Å². The van der Waals surface area contributed by atoms with Gasteiger partial charge in [0.2, 0.25) is 0 Å². The summed E-state index contributed by atoms with van der Waals surface area (Å²) in [6.07, 6.45) is 2.29. The summed E-state index contributed by atoms with van der Waals surface area (Å²) < 4.78 is 13.5. The Bertz CT molecular complexity index is 641. The standard InChI is InChI=1S/C16H19FN4OS/c17-14-4-2-1-3-13(14)5-6-18-15(22)20-8-10-21(11-9-20)16-19-7-12-23-16/h1-4,7,12H,5-6,8-11H2,(H,18,22). The molecule has 3 rings (SSSR count). The monoisotopic (exact) mass is 334 g/mol. The van der Waals surface area contributed by atoms with Crippen LogP contribution >= 0.6 is 11.3 Å². The number of aromatic nitrogens is 1. The number of hydrogen-bond donors (Lipinski definition) is 1. The van der Waals surface area contributed by atoms with E-state index >= 15 is 0 Å². The van der Waals surface area contributed by atoms with Crippen molar-refractivity contribution in [2.45, 2.75) is 6.42 Å². The van der Waals surface area contributed by atoms with Gasteiger partial charge in [0.1, 0.15) is 5.82 Å². The van der Waals surface area contributed by atoms with Gasteiger partial charge in [0.05, 0.1) is 0 Å². The summed E-state index contributed by atoms with van der Waals surface area (Å²) in [6.45, 7) is 3.35. The van der Waals surface area contributed by atoms with E-state index in [-0.39, 0.29) is 11.8 Å². The molecule has 0 radical (unpaired) electrons. The largest absolute Gasteiger partial charge is 0.345 e. The lowest BCUT2D eigenvalue weighted by Gasteiger charge is -2.34. The van der Waals surface area contributed by atoms with Crippen molar-refractivity contribution in [2.75, 3.05) is 37.6 Å². The van der Waals surface area contributed by atoms with Gasteiger partial charge >= 0.3 is 6.03 Å². The van der Waals surface area contributed by atoms with E-state index in [0.29, 0.717) is 31.6 Å². The molecule has 1 aliphatic rings. The molecule has 0 saturated carbocycles. The van der Waals surface area contributed by atoms with Crippen LogP contribution in [-0.2, 0) is 6.42 Å². The van der Waals surface area contributed by atoms with E-state index in [9.17, 15) is 9.18 Å². The minimum Gasteiger partial charge on any atom is -0.345 e. The molecule has 0 spiro atoms. The third kappa shape index (κ3) is 3.98. The van der Waals surface area contributed by atoms with Crippen molar-refractivity contribution in [1.29, 1.82) is 0 Å². The molecule has 0 bridgehead atoms. The van der Waals surface area contributed by atoms with Gasteiger partial charge in [-0.1, -0.05) is 18.2 Å². The van der Waals surface area contributed by atoms with Gasteiger partial charge in [0, 0.05) is 44.3 Å². The number of urea groups is 1. The number of piperazine rings is 1. The first kappa shape index (κ1) is 15.7. The van der Waals surface area contributed by atoms with Crippen molar-refractivity contribution in [2.24, 2.45) is 0 Å². The number of nitrogens with one attached hydrogen (secondary N) is 1. The van der Waals surface area contributed by atoms with Crippen molar-refractivity contribution >= 4 is 22.5 Å². The van der Waals surface area contributed by atoms with E-state index in [4.69, 9.17) is 0 Å². The molecule has 1 aromatic heterocycles. The van der Waals surface area contributed by atoms with E-state index in [1.165, 1.54) is 6.07 Å². The van der Waals surface area contributed by atoms with Gasteiger partial charge in [-0.15, -0.1) is 11.3 Å². The van der Waals surface area contributed by atoms with Crippen molar-refractivity contribution in [1.82, 2.24) is 15.2 Å². The molecule has 1 aliphatic heterocycles. The number of anilines is 1. The normalized spacial score (nSPS) is 14.8. The maximum atomic E-state index is 13.5. The predicted octanol–water partition coefficient (Wildman–Crippen LogP) is 2.36. The maximum Gasteiger partial charge on any atom is 0.317 e. The van der Waals surface area contributed by atoms with E-state index in [1.807, 2.05) is 5.38 Å². The summed E-state index contributed by atoms with van der Waals surface area (Å²) >= 11 is 1.61. The lowest BCUT2D eigenvalue weighted by atomic mass is 10.1. The molecular formula is C16H19FN4OS. The van der Waals surface area contributed by atoms with E-state index in [0.717, 1.165) is 18.2 Å². The fourth-order valence-electron chi connectivity index (χ4n) is 2.59. The number of carbonyl (C=O) groups excluding carboxylic acids is 1.